The van der Waals surface area contributed by atoms with Crippen LogP contribution >= 0.6 is 11.6 Å². The van der Waals surface area contributed by atoms with E-state index in [9.17, 15) is 4.79 Å². The first-order valence-corrected chi connectivity index (χ1v) is 9.18. The fourth-order valence-corrected chi connectivity index (χ4v) is 3.35. The Morgan fingerprint density at radius 2 is 2.04 bits per heavy atom. The van der Waals surface area contributed by atoms with Crippen LogP contribution in [0.5, 0.6) is 0 Å². The van der Waals surface area contributed by atoms with Crippen molar-refractivity contribution in [2.24, 2.45) is 0 Å². The van der Waals surface area contributed by atoms with E-state index >= 15 is 0 Å². The number of esters is 1. The Balaban J connectivity index is 1.71. The van der Waals surface area contributed by atoms with E-state index in [1.807, 2.05) is 23.6 Å². The van der Waals surface area contributed by atoms with Crippen molar-refractivity contribution in [3.05, 3.63) is 52.1 Å². The highest BCUT2D eigenvalue weighted by atomic mass is 35.5. The molecular formula is C19H21ClN4O2. The standard InChI is InChI=1S/C19H21ClN4O2/c1-4-26-18(25)16-7-12(2)23(21-16)11-15-9-13(20)8-14-10-17(22-24(14)15)19(3)5-6-19/h7-10H,4-6,11H2,1-3H3. The normalized spacial score (nSPS) is 15.4. The van der Waals surface area contributed by atoms with Gasteiger partial charge in [-0.05, 0) is 51.0 Å². The number of pyridine rings is 1. The van der Waals surface area contributed by atoms with Gasteiger partial charge in [-0.15, -0.1) is 0 Å². The average molecular weight is 373 g/mol. The first kappa shape index (κ1) is 17.1. The summed E-state index contributed by atoms with van der Waals surface area (Å²) in [6, 6.07) is 7.67. The fraction of sp³-hybridized carbons (Fsp3) is 0.421. The van der Waals surface area contributed by atoms with Gasteiger partial charge in [0.15, 0.2) is 5.69 Å². The van der Waals surface area contributed by atoms with Crippen molar-refractivity contribution in [2.45, 2.75) is 45.6 Å². The van der Waals surface area contributed by atoms with Crippen LogP contribution in [0.15, 0.2) is 24.3 Å². The number of halogens is 1. The third-order valence-electron chi connectivity index (χ3n) is 5.00. The number of nitrogens with zero attached hydrogens (tertiary/aromatic N) is 4. The molecule has 0 aliphatic heterocycles. The van der Waals surface area contributed by atoms with Gasteiger partial charge in [-0.25, -0.2) is 9.31 Å². The molecule has 0 aromatic carbocycles. The molecule has 3 heterocycles. The van der Waals surface area contributed by atoms with Gasteiger partial charge in [0.05, 0.1) is 30.1 Å². The molecule has 6 nitrogen and oxygen atoms in total. The van der Waals surface area contributed by atoms with Crippen LogP contribution in [0.4, 0.5) is 0 Å². The van der Waals surface area contributed by atoms with Gasteiger partial charge in [-0.2, -0.15) is 10.2 Å². The first-order chi connectivity index (χ1) is 12.4. The minimum atomic E-state index is -0.409. The monoisotopic (exact) mass is 372 g/mol. The van der Waals surface area contributed by atoms with Crippen molar-refractivity contribution < 1.29 is 9.53 Å². The molecule has 3 aromatic heterocycles. The predicted molar refractivity (Wildman–Crippen MR) is 98.8 cm³/mol. The Labute approximate surface area is 156 Å². The number of aryl methyl sites for hydroxylation is 1. The highest BCUT2D eigenvalue weighted by Gasteiger charge is 2.41. The Morgan fingerprint density at radius 1 is 1.27 bits per heavy atom. The third kappa shape index (κ3) is 2.98. The molecule has 0 saturated heterocycles. The molecule has 0 unspecified atom stereocenters. The van der Waals surface area contributed by atoms with Crippen molar-refractivity contribution in [3.8, 4) is 0 Å². The summed E-state index contributed by atoms with van der Waals surface area (Å²) in [5.74, 6) is -0.409. The summed E-state index contributed by atoms with van der Waals surface area (Å²) < 4.78 is 8.73. The molecule has 0 bridgehead atoms. The molecule has 0 radical (unpaired) electrons. The lowest BCUT2D eigenvalue weighted by atomic mass is 10.1. The Kier molecular flexibility index (Phi) is 4.03. The van der Waals surface area contributed by atoms with Crippen LogP contribution in [0.2, 0.25) is 5.02 Å². The van der Waals surface area contributed by atoms with E-state index < -0.39 is 5.97 Å². The smallest absolute Gasteiger partial charge is 0.358 e. The van der Waals surface area contributed by atoms with Crippen LogP contribution in [0.3, 0.4) is 0 Å². The predicted octanol–water partition coefficient (Wildman–Crippen LogP) is 3.77. The van der Waals surface area contributed by atoms with Crippen molar-refractivity contribution in [3.63, 3.8) is 0 Å². The van der Waals surface area contributed by atoms with Gasteiger partial charge < -0.3 is 4.74 Å². The highest BCUT2D eigenvalue weighted by molar-refractivity contribution is 6.31. The lowest BCUT2D eigenvalue weighted by molar-refractivity contribution is 0.0518. The van der Waals surface area contributed by atoms with Gasteiger partial charge in [-0.1, -0.05) is 18.5 Å². The van der Waals surface area contributed by atoms with E-state index in [0.29, 0.717) is 23.9 Å². The molecule has 1 saturated carbocycles. The van der Waals surface area contributed by atoms with Gasteiger partial charge in [-0.3, -0.25) is 4.68 Å². The number of rotatable bonds is 5. The summed E-state index contributed by atoms with van der Waals surface area (Å²) in [5.41, 5.74) is 4.38. The van der Waals surface area contributed by atoms with Crippen LogP contribution in [0.1, 0.15) is 54.3 Å². The summed E-state index contributed by atoms with van der Waals surface area (Å²) in [6.45, 7) is 6.73. The van der Waals surface area contributed by atoms with Crippen LogP contribution in [-0.4, -0.2) is 32.0 Å². The molecule has 1 aliphatic carbocycles. The lowest BCUT2D eigenvalue weighted by Crippen LogP contribution is -2.11. The number of aromatic nitrogens is 4. The van der Waals surface area contributed by atoms with E-state index in [1.165, 1.54) is 12.8 Å². The molecule has 1 fully saturated rings. The number of hydrogen-bond donors (Lipinski definition) is 0. The molecule has 0 atom stereocenters. The number of carbonyl (C=O) groups is 1. The summed E-state index contributed by atoms with van der Waals surface area (Å²) in [7, 11) is 0. The van der Waals surface area contributed by atoms with E-state index in [1.54, 1.807) is 17.7 Å². The molecule has 0 amide bonds. The molecule has 136 valence electrons. The Hall–Kier alpha value is -2.34. The minimum absolute atomic E-state index is 0.189. The second-order valence-electron chi connectivity index (χ2n) is 7.14. The van der Waals surface area contributed by atoms with Crippen molar-refractivity contribution in [1.82, 2.24) is 19.4 Å². The maximum absolute atomic E-state index is 11.9. The van der Waals surface area contributed by atoms with Gasteiger partial charge in [0.1, 0.15) is 0 Å². The highest BCUT2D eigenvalue weighted by Crippen LogP contribution is 2.47. The molecule has 7 heteroatoms. The minimum Gasteiger partial charge on any atom is -0.461 e. The maximum atomic E-state index is 11.9. The molecule has 1 aliphatic rings. The van der Waals surface area contributed by atoms with Crippen LogP contribution < -0.4 is 0 Å². The van der Waals surface area contributed by atoms with Gasteiger partial charge in [0.2, 0.25) is 0 Å². The van der Waals surface area contributed by atoms with E-state index in [-0.39, 0.29) is 5.41 Å². The first-order valence-electron chi connectivity index (χ1n) is 8.80. The van der Waals surface area contributed by atoms with Crippen LogP contribution in [-0.2, 0) is 16.7 Å². The molecule has 0 N–H and O–H groups in total. The maximum Gasteiger partial charge on any atom is 0.358 e. The largest absolute Gasteiger partial charge is 0.461 e. The molecule has 4 rings (SSSR count). The van der Waals surface area contributed by atoms with E-state index in [2.05, 4.69) is 18.1 Å². The fourth-order valence-electron chi connectivity index (χ4n) is 3.11. The van der Waals surface area contributed by atoms with Crippen LogP contribution in [0.25, 0.3) is 5.52 Å². The van der Waals surface area contributed by atoms with Crippen molar-refractivity contribution >= 4 is 23.1 Å². The topological polar surface area (TPSA) is 61.4 Å². The number of fused-ring (bicyclic) bond motifs is 1. The van der Waals surface area contributed by atoms with Gasteiger partial charge in [0, 0.05) is 16.1 Å². The SMILES string of the molecule is CCOC(=O)c1cc(C)n(Cc2cc(Cl)cc3cc(C4(C)CC4)nn23)n1. The zero-order chi connectivity index (χ0) is 18.5. The second kappa shape index (κ2) is 6.13. The summed E-state index contributed by atoms with van der Waals surface area (Å²) in [5, 5.41) is 9.86. The van der Waals surface area contributed by atoms with Crippen molar-refractivity contribution in [1.29, 1.82) is 0 Å². The average Bonchev–Trinajstić information content (AvgIpc) is 3.02. The summed E-state index contributed by atoms with van der Waals surface area (Å²) >= 11 is 6.32. The van der Waals surface area contributed by atoms with Gasteiger partial charge in [0.25, 0.3) is 0 Å². The van der Waals surface area contributed by atoms with Gasteiger partial charge >= 0.3 is 5.97 Å². The quantitative estimate of drug-likeness (QED) is 0.639. The van der Waals surface area contributed by atoms with Crippen molar-refractivity contribution in [2.75, 3.05) is 6.61 Å². The second-order valence-corrected chi connectivity index (χ2v) is 7.58. The zero-order valence-corrected chi connectivity index (χ0v) is 15.9. The summed E-state index contributed by atoms with van der Waals surface area (Å²) in [4.78, 5) is 11.9. The third-order valence-corrected chi connectivity index (χ3v) is 5.21. The molecule has 3 aromatic rings. The number of hydrogen-bond acceptors (Lipinski definition) is 4. The van der Waals surface area contributed by atoms with E-state index in [0.717, 1.165) is 22.6 Å². The Morgan fingerprint density at radius 3 is 2.73 bits per heavy atom. The lowest BCUT2D eigenvalue weighted by Gasteiger charge is -2.08. The number of ether oxygens (including phenoxy) is 1. The molecule has 26 heavy (non-hydrogen) atoms. The number of carbonyl (C=O) groups excluding carboxylic acids is 1. The molecule has 0 spiro atoms. The summed E-state index contributed by atoms with van der Waals surface area (Å²) in [6.07, 6.45) is 2.34. The Bertz CT molecular complexity index is 1000. The van der Waals surface area contributed by atoms with E-state index in [4.69, 9.17) is 21.4 Å². The van der Waals surface area contributed by atoms with Crippen LogP contribution in [0, 0.1) is 6.92 Å². The molecular weight excluding hydrogens is 352 g/mol. The zero-order valence-electron chi connectivity index (χ0n) is 15.1.